The highest BCUT2D eigenvalue weighted by atomic mass is 35.5. The Bertz CT molecular complexity index is 653. The summed E-state index contributed by atoms with van der Waals surface area (Å²) >= 11 is 6.14. The molecule has 2 N–H and O–H groups in total. The fourth-order valence-electron chi connectivity index (χ4n) is 2.61. The topological polar surface area (TPSA) is 59.5 Å². The molecule has 21 heavy (non-hydrogen) atoms. The Kier molecular flexibility index (Phi) is 3.99. The van der Waals surface area contributed by atoms with Crippen LogP contribution in [0.4, 0.5) is 0 Å². The van der Waals surface area contributed by atoms with Gasteiger partial charge in [0.15, 0.2) is 5.76 Å². The zero-order valence-corrected chi connectivity index (χ0v) is 12.3. The van der Waals surface area contributed by atoms with E-state index in [-0.39, 0.29) is 11.9 Å². The SMILES string of the molecule is NC1CCCN(C(=O)c2ccc(-c3ccccc3Cl)o2)C1. The quantitative estimate of drug-likeness (QED) is 0.927. The highest BCUT2D eigenvalue weighted by molar-refractivity contribution is 6.33. The number of likely N-dealkylation sites (tertiary alicyclic amines) is 1. The molecule has 2 aromatic rings. The van der Waals surface area contributed by atoms with Crippen LogP contribution in [0.1, 0.15) is 23.4 Å². The van der Waals surface area contributed by atoms with Crippen LogP contribution in [0.2, 0.25) is 5.02 Å². The van der Waals surface area contributed by atoms with E-state index in [0.717, 1.165) is 24.9 Å². The summed E-state index contributed by atoms with van der Waals surface area (Å²) in [5.41, 5.74) is 6.70. The Labute approximate surface area is 128 Å². The van der Waals surface area contributed by atoms with Gasteiger partial charge in [0.05, 0.1) is 5.02 Å². The number of halogens is 1. The van der Waals surface area contributed by atoms with Gasteiger partial charge >= 0.3 is 0 Å². The van der Waals surface area contributed by atoms with Gasteiger partial charge in [-0.05, 0) is 37.1 Å². The number of carbonyl (C=O) groups is 1. The first kappa shape index (κ1) is 14.2. The van der Waals surface area contributed by atoms with Gasteiger partial charge in [0.25, 0.3) is 5.91 Å². The van der Waals surface area contributed by atoms with Crippen molar-refractivity contribution in [2.24, 2.45) is 5.73 Å². The number of nitrogens with zero attached hydrogens (tertiary/aromatic N) is 1. The van der Waals surface area contributed by atoms with E-state index in [9.17, 15) is 4.79 Å². The zero-order chi connectivity index (χ0) is 14.8. The maximum Gasteiger partial charge on any atom is 0.289 e. The van der Waals surface area contributed by atoms with E-state index in [1.165, 1.54) is 0 Å². The zero-order valence-electron chi connectivity index (χ0n) is 11.6. The maximum absolute atomic E-state index is 12.4. The summed E-state index contributed by atoms with van der Waals surface area (Å²) in [6.07, 6.45) is 1.90. The summed E-state index contributed by atoms with van der Waals surface area (Å²) in [5, 5.41) is 0.603. The number of piperidine rings is 1. The number of benzene rings is 1. The van der Waals surface area contributed by atoms with Gasteiger partial charge < -0.3 is 15.1 Å². The molecule has 1 aromatic carbocycles. The van der Waals surface area contributed by atoms with E-state index in [0.29, 0.717) is 23.1 Å². The lowest BCUT2D eigenvalue weighted by atomic mass is 10.1. The van der Waals surface area contributed by atoms with E-state index in [1.54, 1.807) is 23.1 Å². The van der Waals surface area contributed by atoms with Crippen molar-refractivity contribution in [1.82, 2.24) is 4.90 Å². The van der Waals surface area contributed by atoms with Gasteiger partial charge in [-0.3, -0.25) is 4.79 Å². The average Bonchev–Trinajstić information content (AvgIpc) is 2.96. The summed E-state index contributed by atoms with van der Waals surface area (Å²) in [6, 6.07) is 10.9. The molecule has 0 bridgehead atoms. The maximum atomic E-state index is 12.4. The predicted octanol–water partition coefficient (Wildman–Crippen LogP) is 3.16. The lowest BCUT2D eigenvalue weighted by Gasteiger charge is -2.30. The van der Waals surface area contributed by atoms with Crippen molar-refractivity contribution < 1.29 is 9.21 Å². The Morgan fingerprint density at radius 1 is 1.29 bits per heavy atom. The Balaban J connectivity index is 1.82. The fourth-order valence-corrected chi connectivity index (χ4v) is 2.84. The van der Waals surface area contributed by atoms with Crippen LogP contribution in [0.5, 0.6) is 0 Å². The first-order valence-corrected chi connectivity index (χ1v) is 7.42. The highest BCUT2D eigenvalue weighted by Gasteiger charge is 2.24. The second-order valence-corrected chi connectivity index (χ2v) is 5.70. The van der Waals surface area contributed by atoms with Crippen LogP contribution >= 0.6 is 11.6 Å². The Morgan fingerprint density at radius 3 is 2.86 bits per heavy atom. The number of hydrogen-bond acceptors (Lipinski definition) is 3. The van der Waals surface area contributed by atoms with Crippen molar-refractivity contribution in [1.29, 1.82) is 0 Å². The summed E-state index contributed by atoms with van der Waals surface area (Å²) in [4.78, 5) is 14.2. The van der Waals surface area contributed by atoms with Gasteiger partial charge in [-0.2, -0.15) is 0 Å². The van der Waals surface area contributed by atoms with Crippen molar-refractivity contribution in [2.45, 2.75) is 18.9 Å². The molecule has 1 aliphatic rings. The number of nitrogens with two attached hydrogens (primary N) is 1. The van der Waals surface area contributed by atoms with Crippen LogP contribution in [0.15, 0.2) is 40.8 Å². The summed E-state index contributed by atoms with van der Waals surface area (Å²) in [7, 11) is 0. The van der Waals surface area contributed by atoms with Gasteiger partial charge in [-0.1, -0.05) is 23.7 Å². The molecular weight excluding hydrogens is 288 g/mol. The van der Waals surface area contributed by atoms with E-state index in [4.69, 9.17) is 21.8 Å². The molecule has 1 saturated heterocycles. The third-order valence-corrected chi connectivity index (χ3v) is 4.03. The molecule has 0 aliphatic carbocycles. The van der Waals surface area contributed by atoms with E-state index in [1.807, 2.05) is 18.2 Å². The third kappa shape index (κ3) is 2.96. The number of amides is 1. The Morgan fingerprint density at radius 2 is 2.10 bits per heavy atom. The highest BCUT2D eigenvalue weighted by Crippen LogP contribution is 2.29. The minimum absolute atomic E-state index is 0.0562. The molecule has 3 rings (SSSR count). The van der Waals surface area contributed by atoms with Crippen LogP contribution < -0.4 is 5.73 Å². The van der Waals surface area contributed by atoms with Crippen LogP contribution in [-0.2, 0) is 0 Å². The molecule has 110 valence electrons. The molecule has 1 atom stereocenters. The van der Waals surface area contributed by atoms with E-state index >= 15 is 0 Å². The lowest BCUT2D eigenvalue weighted by molar-refractivity contribution is 0.0677. The van der Waals surface area contributed by atoms with Crippen molar-refractivity contribution >= 4 is 17.5 Å². The summed E-state index contributed by atoms with van der Waals surface area (Å²) in [6.45, 7) is 1.32. The monoisotopic (exact) mass is 304 g/mol. The number of furan rings is 1. The normalized spacial score (nSPS) is 18.8. The van der Waals surface area contributed by atoms with Crippen molar-refractivity contribution in [3.05, 3.63) is 47.2 Å². The average molecular weight is 305 g/mol. The predicted molar refractivity (Wildman–Crippen MR) is 82.3 cm³/mol. The molecule has 0 spiro atoms. The van der Waals surface area contributed by atoms with Crippen LogP contribution in [0.25, 0.3) is 11.3 Å². The van der Waals surface area contributed by atoms with Crippen LogP contribution in [0, 0.1) is 0 Å². The van der Waals surface area contributed by atoms with Gasteiger partial charge in [0, 0.05) is 24.7 Å². The summed E-state index contributed by atoms with van der Waals surface area (Å²) in [5.74, 6) is 0.827. The van der Waals surface area contributed by atoms with Crippen molar-refractivity contribution in [3.8, 4) is 11.3 Å². The molecule has 0 radical (unpaired) electrons. The molecular formula is C16H17ClN2O2. The molecule has 1 unspecified atom stereocenters. The standard InChI is InChI=1S/C16H17ClN2O2/c17-13-6-2-1-5-12(13)14-7-8-15(21-14)16(20)19-9-3-4-11(18)10-19/h1-2,5-8,11H,3-4,9-10,18H2. The third-order valence-electron chi connectivity index (χ3n) is 3.70. The second-order valence-electron chi connectivity index (χ2n) is 5.30. The lowest BCUT2D eigenvalue weighted by Crippen LogP contribution is -2.45. The number of rotatable bonds is 2. The van der Waals surface area contributed by atoms with Crippen LogP contribution in [0.3, 0.4) is 0 Å². The van der Waals surface area contributed by atoms with E-state index in [2.05, 4.69) is 0 Å². The van der Waals surface area contributed by atoms with Gasteiger partial charge in [-0.15, -0.1) is 0 Å². The minimum Gasteiger partial charge on any atom is -0.451 e. The summed E-state index contributed by atoms with van der Waals surface area (Å²) < 4.78 is 5.68. The van der Waals surface area contributed by atoms with Gasteiger partial charge in [0.1, 0.15) is 5.76 Å². The second kappa shape index (κ2) is 5.92. The minimum atomic E-state index is -0.108. The van der Waals surface area contributed by atoms with Crippen molar-refractivity contribution in [3.63, 3.8) is 0 Å². The van der Waals surface area contributed by atoms with Gasteiger partial charge in [-0.25, -0.2) is 0 Å². The number of hydrogen-bond donors (Lipinski definition) is 1. The van der Waals surface area contributed by atoms with Gasteiger partial charge in [0.2, 0.25) is 0 Å². The molecule has 1 amide bonds. The number of carbonyl (C=O) groups excluding carboxylic acids is 1. The molecule has 1 aromatic heterocycles. The van der Waals surface area contributed by atoms with E-state index < -0.39 is 0 Å². The van der Waals surface area contributed by atoms with Crippen LogP contribution in [-0.4, -0.2) is 29.9 Å². The molecule has 1 fully saturated rings. The Hall–Kier alpha value is -1.78. The van der Waals surface area contributed by atoms with Crippen molar-refractivity contribution in [2.75, 3.05) is 13.1 Å². The smallest absolute Gasteiger partial charge is 0.289 e. The molecule has 0 saturated carbocycles. The first-order chi connectivity index (χ1) is 10.1. The molecule has 2 heterocycles. The molecule has 4 nitrogen and oxygen atoms in total. The largest absolute Gasteiger partial charge is 0.451 e. The first-order valence-electron chi connectivity index (χ1n) is 7.05. The fraction of sp³-hybridized carbons (Fsp3) is 0.312. The molecule has 5 heteroatoms. The molecule has 1 aliphatic heterocycles.